The predicted octanol–water partition coefficient (Wildman–Crippen LogP) is 22.6. The summed E-state index contributed by atoms with van der Waals surface area (Å²) in [7, 11) is 0. The molecule has 0 fully saturated rings. The summed E-state index contributed by atoms with van der Waals surface area (Å²) < 4.78 is 5.51. The molecular weight excluding hydrogens is 935 g/mol. The minimum absolute atomic E-state index is 0.0117. The fourth-order valence-corrected chi connectivity index (χ4v) is 11.5. The Bertz CT molecular complexity index is 1100. The zero-order valence-electron chi connectivity index (χ0n) is 52.0. The van der Waals surface area contributed by atoms with Gasteiger partial charge in [-0.05, 0) is 25.7 Å². The molecule has 0 saturated carbocycles. The van der Waals surface area contributed by atoms with Gasteiger partial charge in [0.1, 0.15) is 0 Å². The molecule has 0 aliphatic carbocycles. The molecule has 0 aromatic heterocycles. The largest absolute Gasteiger partial charge is 0.466 e. The van der Waals surface area contributed by atoms with Crippen LogP contribution in [0.1, 0.15) is 412 Å². The molecule has 3 N–H and O–H groups in total. The van der Waals surface area contributed by atoms with Gasteiger partial charge in [0.05, 0.1) is 25.4 Å². The first kappa shape index (κ1) is 74.9. The topological polar surface area (TPSA) is 95.9 Å². The van der Waals surface area contributed by atoms with E-state index in [0.29, 0.717) is 25.9 Å². The summed E-state index contributed by atoms with van der Waals surface area (Å²) in [5, 5.41) is 23.4. The maximum absolute atomic E-state index is 12.6. The Morgan fingerprint density at radius 1 is 0.316 bits per heavy atom. The molecule has 0 heterocycles. The Balaban J connectivity index is 3.38. The molecule has 6 nitrogen and oxygen atoms in total. The van der Waals surface area contributed by atoms with Gasteiger partial charge in [-0.3, -0.25) is 9.59 Å². The van der Waals surface area contributed by atoms with E-state index in [1.54, 1.807) is 0 Å². The van der Waals surface area contributed by atoms with Gasteiger partial charge in [0, 0.05) is 12.8 Å². The summed E-state index contributed by atoms with van der Waals surface area (Å²) >= 11 is 0. The second-order valence-corrected chi connectivity index (χ2v) is 24.6. The Morgan fingerprint density at radius 3 is 0.803 bits per heavy atom. The minimum Gasteiger partial charge on any atom is -0.466 e. The van der Waals surface area contributed by atoms with Crippen LogP contribution in [-0.2, 0) is 14.3 Å². The number of amides is 1. The minimum atomic E-state index is -0.668. The number of aliphatic hydroxyl groups is 2. The fourth-order valence-electron chi connectivity index (χ4n) is 11.5. The predicted molar refractivity (Wildman–Crippen MR) is 334 cm³/mol. The molecule has 0 bridgehead atoms. The molecule has 0 spiro atoms. The number of unbranched alkanes of at least 4 members (excludes halogenated alkanes) is 56. The van der Waals surface area contributed by atoms with Gasteiger partial charge in [-0.15, -0.1) is 0 Å². The van der Waals surface area contributed by atoms with E-state index in [9.17, 15) is 19.8 Å². The van der Waals surface area contributed by atoms with Crippen molar-refractivity contribution in [1.82, 2.24) is 5.32 Å². The van der Waals surface area contributed by atoms with Gasteiger partial charge in [0.2, 0.25) is 5.91 Å². The first-order chi connectivity index (χ1) is 37.5. The van der Waals surface area contributed by atoms with Gasteiger partial charge in [-0.2, -0.15) is 0 Å². The summed E-state index contributed by atoms with van der Waals surface area (Å²) in [4.78, 5) is 24.7. The SMILES string of the molecule is CCCCCCCCCCCCCCCCCCCCCCCCCCC(O)C(CO)NC(=O)CCCCCCCCCCCCCCCCCCCOC(=O)CCCCCCCCCCCCCCCCCCCC. The highest BCUT2D eigenvalue weighted by atomic mass is 16.5. The van der Waals surface area contributed by atoms with Gasteiger partial charge < -0.3 is 20.3 Å². The molecule has 2 unspecified atom stereocenters. The second-order valence-electron chi connectivity index (χ2n) is 24.6. The molecule has 454 valence electrons. The van der Waals surface area contributed by atoms with Crippen molar-refractivity contribution in [2.75, 3.05) is 13.2 Å². The fraction of sp³-hybridized carbons (Fsp3) is 0.971. The molecule has 0 aromatic carbocycles. The Labute approximate surface area is 476 Å². The highest BCUT2D eigenvalue weighted by molar-refractivity contribution is 5.76. The van der Waals surface area contributed by atoms with Crippen LogP contribution < -0.4 is 5.32 Å². The lowest BCUT2D eigenvalue weighted by molar-refractivity contribution is -0.143. The van der Waals surface area contributed by atoms with Crippen molar-refractivity contribution in [1.29, 1.82) is 0 Å². The summed E-state index contributed by atoms with van der Waals surface area (Å²) in [6, 6.07) is -0.546. The molecule has 0 saturated heterocycles. The number of hydrogen-bond acceptors (Lipinski definition) is 5. The third-order valence-corrected chi connectivity index (χ3v) is 16.9. The van der Waals surface area contributed by atoms with E-state index in [1.165, 1.54) is 340 Å². The molecule has 0 aliphatic rings. The normalized spacial score (nSPS) is 12.4. The molecular formula is C70H139NO5. The number of aliphatic hydroxyl groups excluding tert-OH is 2. The van der Waals surface area contributed by atoms with Crippen molar-refractivity contribution in [3.05, 3.63) is 0 Å². The molecule has 76 heavy (non-hydrogen) atoms. The zero-order valence-corrected chi connectivity index (χ0v) is 52.0. The van der Waals surface area contributed by atoms with Crippen molar-refractivity contribution in [2.45, 2.75) is 424 Å². The van der Waals surface area contributed by atoms with E-state index < -0.39 is 12.1 Å². The van der Waals surface area contributed by atoms with Crippen molar-refractivity contribution < 1.29 is 24.5 Å². The standard InChI is InChI=1S/C70H139NO5/c1-3-5-7-9-11-13-15-17-19-21-23-24-25-26-27-28-30-34-38-42-46-50-54-58-62-68(73)67(66-72)71-69(74)63-59-55-51-47-43-39-35-31-29-33-37-41-45-49-53-57-61-65-76-70(75)64-60-56-52-48-44-40-36-32-22-20-18-16-14-12-10-8-6-4-2/h67-68,72-73H,3-66H2,1-2H3,(H,71,74). The van der Waals surface area contributed by atoms with Gasteiger partial charge in [0.15, 0.2) is 0 Å². The van der Waals surface area contributed by atoms with Crippen molar-refractivity contribution in [3.8, 4) is 0 Å². The van der Waals surface area contributed by atoms with E-state index in [0.717, 1.165) is 38.5 Å². The molecule has 0 aliphatic heterocycles. The molecule has 0 radical (unpaired) electrons. The highest BCUT2D eigenvalue weighted by Gasteiger charge is 2.20. The summed E-state index contributed by atoms with van der Waals surface area (Å²) in [6.07, 6.45) is 80.0. The third-order valence-electron chi connectivity index (χ3n) is 16.9. The summed E-state index contributed by atoms with van der Waals surface area (Å²) in [5.74, 6) is -0.0225. The lowest BCUT2D eigenvalue weighted by atomic mass is 10.0. The summed E-state index contributed by atoms with van der Waals surface area (Å²) in [6.45, 7) is 5.00. The first-order valence-electron chi connectivity index (χ1n) is 35.3. The smallest absolute Gasteiger partial charge is 0.305 e. The van der Waals surface area contributed by atoms with Crippen LogP contribution in [0.15, 0.2) is 0 Å². The van der Waals surface area contributed by atoms with Gasteiger partial charge in [0.25, 0.3) is 0 Å². The van der Waals surface area contributed by atoms with E-state index in [-0.39, 0.29) is 18.5 Å². The van der Waals surface area contributed by atoms with Crippen molar-refractivity contribution >= 4 is 11.9 Å². The quantitative estimate of drug-likeness (QED) is 0.0417. The first-order valence-corrected chi connectivity index (χ1v) is 35.3. The van der Waals surface area contributed by atoms with E-state index in [2.05, 4.69) is 19.2 Å². The van der Waals surface area contributed by atoms with Gasteiger partial charge in [-0.25, -0.2) is 0 Å². The number of esters is 1. The number of hydrogen-bond donors (Lipinski definition) is 3. The van der Waals surface area contributed by atoms with Crippen LogP contribution >= 0.6 is 0 Å². The second kappa shape index (κ2) is 66.4. The number of ether oxygens (including phenoxy) is 1. The lowest BCUT2D eigenvalue weighted by Gasteiger charge is -2.22. The molecule has 1 amide bonds. The maximum atomic E-state index is 12.6. The Morgan fingerprint density at radius 2 is 0.539 bits per heavy atom. The average Bonchev–Trinajstić information content (AvgIpc) is 3.42. The number of nitrogens with one attached hydrogen (secondary N) is 1. The zero-order chi connectivity index (χ0) is 55.0. The van der Waals surface area contributed by atoms with Crippen LogP contribution in [0.4, 0.5) is 0 Å². The molecule has 0 rings (SSSR count). The molecule has 0 aromatic rings. The molecule has 6 heteroatoms. The van der Waals surface area contributed by atoms with Crippen molar-refractivity contribution in [3.63, 3.8) is 0 Å². The van der Waals surface area contributed by atoms with Crippen LogP contribution in [0, 0.1) is 0 Å². The van der Waals surface area contributed by atoms with Crippen LogP contribution in [0.3, 0.4) is 0 Å². The summed E-state index contributed by atoms with van der Waals surface area (Å²) in [5.41, 5.74) is 0. The van der Waals surface area contributed by atoms with E-state index in [4.69, 9.17) is 4.74 Å². The maximum Gasteiger partial charge on any atom is 0.305 e. The van der Waals surface area contributed by atoms with E-state index >= 15 is 0 Å². The molecule has 2 atom stereocenters. The van der Waals surface area contributed by atoms with Crippen LogP contribution in [0.2, 0.25) is 0 Å². The van der Waals surface area contributed by atoms with Crippen molar-refractivity contribution in [2.24, 2.45) is 0 Å². The van der Waals surface area contributed by atoms with E-state index in [1.807, 2.05) is 0 Å². The Hall–Kier alpha value is -1.14. The lowest BCUT2D eigenvalue weighted by Crippen LogP contribution is -2.45. The number of rotatable bonds is 67. The van der Waals surface area contributed by atoms with Gasteiger partial charge >= 0.3 is 5.97 Å². The number of carbonyl (C=O) groups excluding carboxylic acids is 2. The number of carbonyl (C=O) groups is 2. The van der Waals surface area contributed by atoms with Gasteiger partial charge in [-0.1, -0.05) is 373 Å². The van der Waals surface area contributed by atoms with Crippen LogP contribution in [0.25, 0.3) is 0 Å². The Kier molecular flexibility index (Phi) is 65.4. The van der Waals surface area contributed by atoms with Crippen LogP contribution in [-0.4, -0.2) is 47.4 Å². The third kappa shape index (κ3) is 62.1. The average molecular weight is 1070 g/mol. The monoisotopic (exact) mass is 1070 g/mol. The van der Waals surface area contributed by atoms with Crippen LogP contribution in [0.5, 0.6) is 0 Å². The highest BCUT2D eigenvalue weighted by Crippen LogP contribution is 2.20.